The van der Waals surface area contributed by atoms with Gasteiger partial charge in [-0.1, -0.05) is 226 Å². The number of carbonyl (C=O) groups is 2. The molecule has 0 amide bonds. The van der Waals surface area contributed by atoms with Crippen LogP contribution in [0.1, 0.15) is 232 Å². The quantitative estimate of drug-likeness (QED) is 0.0374. The minimum absolute atomic E-state index is 0.0898. The molecule has 0 heterocycles. The molecule has 64 heavy (non-hydrogen) atoms. The number of aliphatic hydroxyl groups excluding tert-OH is 1. The van der Waals surface area contributed by atoms with Gasteiger partial charge in [0.1, 0.15) is 6.61 Å². The topological polar surface area (TPSA) is 72.8 Å². The van der Waals surface area contributed by atoms with E-state index in [4.69, 9.17) is 9.47 Å². The molecule has 0 saturated carbocycles. The summed E-state index contributed by atoms with van der Waals surface area (Å²) in [7, 11) is 0. The molecule has 0 aromatic carbocycles. The molecule has 5 heteroatoms. The Hall–Kier alpha value is -3.44. The SMILES string of the molecule is CC/C=C\C/C=C\C/C=C\C/C=C\C/C=C\C/C=C\CCCCC(=O)OC(CO)COC(=O)CCCCCCCCCCCCCCCC/C=C\C/C=C\C/C=C\CCCCCCC. The van der Waals surface area contributed by atoms with Crippen LogP contribution in [0.4, 0.5) is 0 Å². The van der Waals surface area contributed by atoms with Gasteiger partial charge in [0, 0.05) is 12.8 Å². The van der Waals surface area contributed by atoms with Crippen LogP contribution in [0.15, 0.2) is 109 Å². The number of hydrogen-bond acceptors (Lipinski definition) is 5. The van der Waals surface area contributed by atoms with Crippen LogP contribution in [-0.2, 0) is 19.1 Å². The second-order valence-electron chi connectivity index (χ2n) is 17.2. The Morgan fingerprint density at radius 1 is 0.375 bits per heavy atom. The van der Waals surface area contributed by atoms with Crippen molar-refractivity contribution in [3.05, 3.63) is 109 Å². The number of unbranched alkanes of at least 4 members (excludes halogenated alkanes) is 21. The Labute approximate surface area is 395 Å². The summed E-state index contributed by atoms with van der Waals surface area (Å²) in [5, 5.41) is 9.63. The maximum Gasteiger partial charge on any atom is 0.306 e. The van der Waals surface area contributed by atoms with Crippen molar-refractivity contribution in [3.63, 3.8) is 0 Å². The number of aliphatic hydroxyl groups is 1. The highest BCUT2D eigenvalue weighted by Crippen LogP contribution is 2.15. The molecular weight excluding hydrogens is 789 g/mol. The third-order valence-corrected chi connectivity index (χ3v) is 11.1. The van der Waals surface area contributed by atoms with E-state index in [1.807, 2.05) is 0 Å². The molecule has 1 N–H and O–H groups in total. The van der Waals surface area contributed by atoms with Crippen molar-refractivity contribution in [2.45, 2.75) is 238 Å². The normalized spacial score (nSPS) is 13.1. The van der Waals surface area contributed by atoms with Crippen LogP contribution in [0, 0.1) is 0 Å². The van der Waals surface area contributed by atoms with E-state index in [1.165, 1.54) is 116 Å². The first-order valence-corrected chi connectivity index (χ1v) is 26.4. The number of ether oxygens (including phenoxy) is 2. The van der Waals surface area contributed by atoms with E-state index in [9.17, 15) is 14.7 Å². The van der Waals surface area contributed by atoms with Crippen LogP contribution >= 0.6 is 0 Å². The Morgan fingerprint density at radius 3 is 1.05 bits per heavy atom. The fourth-order valence-corrected chi connectivity index (χ4v) is 7.09. The molecule has 1 unspecified atom stereocenters. The standard InChI is InChI=1S/C59H98O5/c1-3-5-7-9-11-13-15-17-19-21-23-25-26-27-28-29-30-31-32-34-35-37-39-41-43-45-47-49-51-53-58(61)63-56-57(55-60)64-59(62)54-52-50-48-46-44-42-40-38-36-33-24-22-20-18-16-14-12-10-8-6-4-2/h6,8,12,14-15,17-18,20-21,23-24,26-27,33,38,40,44,46,57,60H,3-5,7,9-11,13,16,19,22,25,28-32,34-37,39,41-43,45,47-56H2,1-2H3/b8-6-,14-12-,17-15-,20-18-,23-21-,27-26-,33-24-,40-38-,46-44-. The van der Waals surface area contributed by atoms with E-state index in [0.717, 1.165) is 89.9 Å². The van der Waals surface area contributed by atoms with Gasteiger partial charge in [0.15, 0.2) is 6.10 Å². The third-order valence-electron chi connectivity index (χ3n) is 11.1. The summed E-state index contributed by atoms with van der Waals surface area (Å²) in [5.41, 5.74) is 0. The zero-order valence-electron chi connectivity index (χ0n) is 41.5. The van der Waals surface area contributed by atoms with Crippen molar-refractivity contribution in [2.75, 3.05) is 13.2 Å². The van der Waals surface area contributed by atoms with Gasteiger partial charge in [-0.25, -0.2) is 0 Å². The lowest BCUT2D eigenvalue weighted by atomic mass is 10.0. The Kier molecular flexibility index (Phi) is 51.0. The Balaban J connectivity index is 3.58. The summed E-state index contributed by atoms with van der Waals surface area (Å²) >= 11 is 0. The zero-order valence-corrected chi connectivity index (χ0v) is 41.5. The van der Waals surface area contributed by atoms with Crippen LogP contribution < -0.4 is 0 Å². The Bertz CT molecular complexity index is 1280. The molecule has 0 saturated heterocycles. The highest BCUT2D eigenvalue weighted by molar-refractivity contribution is 5.70. The monoisotopic (exact) mass is 887 g/mol. The van der Waals surface area contributed by atoms with Gasteiger partial charge in [-0.3, -0.25) is 9.59 Å². The summed E-state index contributed by atoms with van der Waals surface area (Å²) in [6, 6.07) is 0. The third kappa shape index (κ3) is 51.2. The van der Waals surface area contributed by atoms with Gasteiger partial charge < -0.3 is 14.6 Å². The van der Waals surface area contributed by atoms with Gasteiger partial charge >= 0.3 is 11.9 Å². The largest absolute Gasteiger partial charge is 0.462 e. The first-order chi connectivity index (χ1) is 31.6. The number of rotatable bonds is 47. The average molecular weight is 887 g/mol. The summed E-state index contributed by atoms with van der Waals surface area (Å²) in [5.74, 6) is -0.646. The van der Waals surface area contributed by atoms with Crippen molar-refractivity contribution in [1.82, 2.24) is 0 Å². The van der Waals surface area contributed by atoms with Gasteiger partial charge in [-0.15, -0.1) is 0 Å². The van der Waals surface area contributed by atoms with Crippen LogP contribution in [0.2, 0.25) is 0 Å². The number of allylic oxidation sites excluding steroid dienone is 18. The molecular formula is C59H98O5. The lowest BCUT2D eigenvalue weighted by molar-refractivity contribution is -0.161. The Morgan fingerprint density at radius 2 is 0.672 bits per heavy atom. The smallest absolute Gasteiger partial charge is 0.306 e. The van der Waals surface area contributed by atoms with Gasteiger partial charge in [0.25, 0.3) is 0 Å². The second-order valence-corrected chi connectivity index (χ2v) is 17.2. The van der Waals surface area contributed by atoms with Crippen molar-refractivity contribution in [1.29, 1.82) is 0 Å². The lowest BCUT2D eigenvalue weighted by Crippen LogP contribution is -2.28. The van der Waals surface area contributed by atoms with E-state index in [2.05, 4.69) is 123 Å². The number of hydrogen-bond donors (Lipinski definition) is 1. The molecule has 5 nitrogen and oxygen atoms in total. The predicted octanol–water partition coefficient (Wildman–Crippen LogP) is 17.7. The van der Waals surface area contributed by atoms with Gasteiger partial charge in [-0.2, -0.15) is 0 Å². The predicted molar refractivity (Wildman–Crippen MR) is 279 cm³/mol. The van der Waals surface area contributed by atoms with Gasteiger partial charge in [0.2, 0.25) is 0 Å². The van der Waals surface area contributed by atoms with Crippen LogP contribution in [-0.4, -0.2) is 36.4 Å². The molecule has 364 valence electrons. The molecule has 0 bridgehead atoms. The fourth-order valence-electron chi connectivity index (χ4n) is 7.09. The number of carbonyl (C=O) groups excluding carboxylic acids is 2. The average Bonchev–Trinajstić information content (AvgIpc) is 3.30. The van der Waals surface area contributed by atoms with Crippen molar-refractivity contribution in [3.8, 4) is 0 Å². The van der Waals surface area contributed by atoms with E-state index in [-0.39, 0.29) is 25.2 Å². The molecule has 0 aromatic heterocycles. The van der Waals surface area contributed by atoms with Crippen molar-refractivity contribution >= 4 is 11.9 Å². The molecule has 0 aliphatic rings. The summed E-state index contributed by atoms with van der Waals surface area (Å²) in [6.07, 6.45) is 77.6. The molecule has 0 fully saturated rings. The molecule has 0 aromatic rings. The maximum absolute atomic E-state index is 12.2. The first kappa shape index (κ1) is 60.6. The first-order valence-electron chi connectivity index (χ1n) is 26.4. The van der Waals surface area contributed by atoms with Crippen molar-refractivity contribution < 1.29 is 24.2 Å². The molecule has 0 spiro atoms. The van der Waals surface area contributed by atoms with Crippen LogP contribution in [0.5, 0.6) is 0 Å². The molecule has 0 aliphatic heterocycles. The molecule has 1 atom stereocenters. The molecule has 0 rings (SSSR count). The van der Waals surface area contributed by atoms with E-state index >= 15 is 0 Å². The highest BCUT2D eigenvalue weighted by Gasteiger charge is 2.16. The van der Waals surface area contributed by atoms with E-state index < -0.39 is 6.10 Å². The van der Waals surface area contributed by atoms with E-state index in [0.29, 0.717) is 12.8 Å². The summed E-state index contributed by atoms with van der Waals surface area (Å²) < 4.78 is 10.7. The van der Waals surface area contributed by atoms with Crippen molar-refractivity contribution in [2.24, 2.45) is 0 Å². The second kappa shape index (κ2) is 53.9. The summed E-state index contributed by atoms with van der Waals surface area (Å²) in [4.78, 5) is 24.5. The molecule has 0 aliphatic carbocycles. The summed E-state index contributed by atoms with van der Waals surface area (Å²) in [6.45, 7) is 3.98. The van der Waals surface area contributed by atoms with Crippen LogP contribution in [0.3, 0.4) is 0 Å². The van der Waals surface area contributed by atoms with E-state index in [1.54, 1.807) is 0 Å². The van der Waals surface area contributed by atoms with Crippen LogP contribution in [0.25, 0.3) is 0 Å². The minimum Gasteiger partial charge on any atom is -0.462 e. The lowest BCUT2D eigenvalue weighted by Gasteiger charge is -2.15. The maximum atomic E-state index is 12.2. The minimum atomic E-state index is -0.803. The number of esters is 2. The highest BCUT2D eigenvalue weighted by atomic mass is 16.6. The zero-order chi connectivity index (χ0) is 46.3. The van der Waals surface area contributed by atoms with Gasteiger partial charge in [0.05, 0.1) is 6.61 Å². The molecule has 0 radical (unpaired) electrons. The van der Waals surface area contributed by atoms with Gasteiger partial charge in [-0.05, 0) is 103 Å². The fraction of sp³-hybridized carbons (Fsp3) is 0.661.